The first-order valence-corrected chi connectivity index (χ1v) is 10.6. The van der Waals surface area contributed by atoms with Gasteiger partial charge in [-0.05, 0) is 59.9 Å². The highest BCUT2D eigenvalue weighted by molar-refractivity contribution is 6.62. The fourth-order valence-corrected chi connectivity index (χ4v) is 3.67. The fraction of sp³-hybridized carbons (Fsp3) is 0.667. The molecule has 2 aliphatic rings. The van der Waals surface area contributed by atoms with Gasteiger partial charge >= 0.3 is 7.12 Å². The Balaban J connectivity index is 1.54. The maximum absolute atomic E-state index is 6.18. The van der Waals surface area contributed by atoms with Crippen molar-refractivity contribution in [1.82, 2.24) is 20.0 Å². The summed E-state index contributed by atoms with van der Waals surface area (Å²) < 4.78 is 25.7. The zero-order valence-corrected chi connectivity index (χ0v) is 18.8. The zero-order chi connectivity index (χ0) is 21.5. The lowest BCUT2D eigenvalue weighted by atomic mass is 9.78. The van der Waals surface area contributed by atoms with E-state index >= 15 is 0 Å². The van der Waals surface area contributed by atoms with Crippen LogP contribution in [0.2, 0.25) is 0 Å². The minimum Gasteiger partial charge on any atom is -0.399 e. The van der Waals surface area contributed by atoms with Gasteiger partial charge in [0.05, 0.1) is 29.2 Å². The molecule has 2 fully saturated rings. The van der Waals surface area contributed by atoms with E-state index in [1.807, 2.05) is 53.8 Å². The molecule has 162 valence electrons. The lowest BCUT2D eigenvalue weighted by molar-refractivity contribution is -0.169. The summed E-state index contributed by atoms with van der Waals surface area (Å²) in [6, 6.07) is 3.95. The number of hydrogen-bond acceptors (Lipinski definition) is 7. The van der Waals surface area contributed by atoms with E-state index in [-0.39, 0.29) is 17.5 Å². The quantitative estimate of drug-likeness (QED) is 0.696. The van der Waals surface area contributed by atoms with Gasteiger partial charge in [-0.2, -0.15) is 0 Å². The van der Waals surface area contributed by atoms with Crippen molar-refractivity contribution in [3.63, 3.8) is 0 Å². The van der Waals surface area contributed by atoms with Crippen molar-refractivity contribution in [2.24, 2.45) is 7.05 Å². The molecule has 4 heterocycles. The molecule has 2 saturated heterocycles. The standard InChI is InChI=1S/C21H31BN4O4/c1-14-15(22-29-20(2,3)21(4,5)30-22)10-11-16(23-14)19-17(26(6)25-24-19)13-28-18-9-7-8-12-27-18/h10-11,18H,7-9,12-13H2,1-6H3. The molecule has 2 aromatic rings. The Kier molecular flexibility index (Phi) is 5.74. The summed E-state index contributed by atoms with van der Waals surface area (Å²) in [5, 5.41) is 8.51. The summed E-state index contributed by atoms with van der Waals surface area (Å²) in [6.07, 6.45) is 2.97. The number of aromatic nitrogens is 4. The lowest BCUT2D eigenvalue weighted by Gasteiger charge is -2.32. The molecule has 1 atom stereocenters. The summed E-state index contributed by atoms with van der Waals surface area (Å²) in [7, 11) is 1.42. The number of aryl methyl sites for hydroxylation is 2. The Bertz CT molecular complexity index is 892. The van der Waals surface area contributed by atoms with Crippen molar-refractivity contribution in [3.05, 3.63) is 23.5 Å². The molecule has 0 saturated carbocycles. The molecule has 9 heteroatoms. The molecule has 2 aliphatic heterocycles. The predicted molar refractivity (Wildman–Crippen MR) is 113 cm³/mol. The van der Waals surface area contributed by atoms with Crippen LogP contribution in [0.25, 0.3) is 11.4 Å². The Morgan fingerprint density at radius 1 is 1.17 bits per heavy atom. The molecule has 0 radical (unpaired) electrons. The van der Waals surface area contributed by atoms with E-state index in [1.54, 1.807) is 4.68 Å². The Labute approximate surface area is 178 Å². The van der Waals surface area contributed by atoms with E-state index in [9.17, 15) is 0 Å². The van der Waals surface area contributed by atoms with Crippen LogP contribution in [0.5, 0.6) is 0 Å². The van der Waals surface area contributed by atoms with Crippen LogP contribution in [-0.4, -0.2) is 51.2 Å². The average Bonchev–Trinajstić information content (AvgIpc) is 3.16. The van der Waals surface area contributed by atoms with Gasteiger partial charge in [0.1, 0.15) is 5.69 Å². The lowest BCUT2D eigenvalue weighted by Crippen LogP contribution is -2.41. The number of nitrogens with zero attached hydrogens (tertiary/aromatic N) is 4. The van der Waals surface area contributed by atoms with Crippen molar-refractivity contribution < 1.29 is 18.8 Å². The smallest absolute Gasteiger partial charge is 0.399 e. The molecule has 0 spiro atoms. The highest BCUT2D eigenvalue weighted by Crippen LogP contribution is 2.36. The molecule has 0 amide bonds. The van der Waals surface area contributed by atoms with Crippen molar-refractivity contribution in [2.75, 3.05) is 6.61 Å². The number of rotatable bonds is 5. The van der Waals surface area contributed by atoms with E-state index in [1.165, 1.54) is 0 Å². The molecule has 8 nitrogen and oxygen atoms in total. The van der Waals surface area contributed by atoms with Crippen LogP contribution in [-0.2, 0) is 32.4 Å². The molecule has 0 N–H and O–H groups in total. The Morgan fingerprint density at radius 2 is 1.90 bits per heavy atom. The molecule has 0 aromatic carbocycles. The molecule has 0 bridgehead atoms. The predicted octanol–water partition coefficient (Wildman–Crippen LogP) is 2.53. The van der Waals surface area contributed by atoms with Crippen molar-refractivity contribution >= 4 is 12.6 Å². The monoisotopic (exact) mass is 414 g/mol. The van der Waals surface area contributed by atoms with E-state index in [0.717, 1.165) is 54.1 Å². The van der Waals surface area contributed by atoms with Gasteiger partial charge in [-0.15, -0.1) is 5.10 Å². The van der Waals surface area contributed by atoms with Crippen LogP contribution >= 0.6 is 0 Å². The van der Waals surface area contributed by atoms with Gasteiger partial charge in [0.15, 0.2) is 6.29 Å². The number of pyridine rings is 1. The second kappa shape index (κ2) is 8.03. The Morgan fingerprint density at radius 3 is 2.53 bits per heavy atom. The first-order valence-electron chi connectivity index (χ1n) is 10.6. The van der Waals surface area contributed by atoms with Gasteiger partial charge in [0, 0.05) is 24.8 Å². The summed E-state index contributed by atoms with van der Waals surface area (Å²) in [5.41, 5.74) is 3.34. The highest BCUT2D eigenvalue weighted by atomic mass is 16.7. The number of hydrogen-bond donors (Lipinski definition) is 0. The van der Waals surface area contributed by atoms with Crippen molar-refractivity contribution in [1.29, 1.82) is 0 Å². The van der Waals surface area contributed by atoms with Gasteiger partial charge in [-0.3, -0.25) is 4.98 Å². The summed E-state index contributed by atoms with van der Waals surface area (Å²) >= 11 is 0. The molecule has 4 rings (SSSR count). The van der Waals surface area contributed by atoms with Crippen LogP contribution in [0, 0.1) is 6.92 Å². The largest absolute Gasteiger partial charge is 0.496 e. The van der Waals surface area contributed by atoms with E-state index in [2.05, 4.69) is 10.3 Å². The molecule has 1 unspecified atom stereocenters. The third kappa shape index (κ3) is 4.03. The van der Waals surface area contributed by atoms with Gasteiger partial charge < -0.3 is 18.8 Å². The number of ether oxygens (including phenoxy) is 2. The normalized spacial score (nSPS) is 23.1. The van der Waals surface area contributed by atoms with Gasteiger partial charge in [0.25, 0.3) is 0 Å². The average molecular weight is 414 g/mol. The third-order valence-corrected chi connectivity index (χ3v) is 6.36. The third-order valence-electron chi connectivity index (χ3n) is 6.36. The van der Waals surface area contributed by atoms with Gasteiger partial charge in [-0.1, -0.05) is 11.3 Å². The van der Waals surface area contributed by atoms with E-state index < -0.39 is 7.12 Å². The second-order valence-electron chi connectivity index (χ2n) is 9.07. The highest BCUT2D eigenvalue weighted by Gasteiger charge is 2.52. The zero-order valence-electron chi connectivity index (χ0n) is 18.8. The van der Waals surface area contributed by atoms with E-state index in [0.29, 0.717) is 6.61 Å². The van der Waals surface area contributed by atoms with Crippen LogP contribution in [0.3, 0.4) is 0 Å². The van der Waals surface area contributed by atoms with Gasteiger partial charge in [-0.25, -0.2) is 4.68 Å². The summed E-state index contributed by atoms with van der Waals surface area (Å²) in [4.78, 5) is 4.79. The van der Waals surface area contributed by atoms with Crippen LogP contribution in [0.15, 0.2) is 12.1 Å². The van der Waals surface area contributed by atoms with Crippen molar-refractivity contribution in [2.45, 2.75) is 78.0 Å². The molecular formula is C21H31BN4O4. The molecule has 30 heavy (non-hydrogen) atoms. The maximum atomic E-state index is 6.18. The molecular weight excluding hydrogens is 383 g/mol. The van der Waals surface area contributed by atoms with E-state index in [4.69, 9.17) is 23.8 Å². The van der Waals surface area contributed by atoms with Crippen molar-refractivity contribution in [3.8, 4) is 11.4 Å². The first-order chi connectivity index (χ1) is 14.2. The summed E-state index contributed by atoms with van der Waals surface area (Å²) in [5.74, 6) is 0. The van der Waals surface area contributed by atoms with Crippen LogP contribution < -0.4 is 5.46 Å². The first kappa shape index (κ1) is 21.4. The Hall–Kier alpha value is -1.81. The molecule has 0 aliphatic carbocycles. The SMILES string of the molecule is Cc1nc(-c2nnn(C)c2COC2CCCCO2)ccc1B1OC(C)(C)C(C)(C)O1. The van der Waals surface area contributed by atoms with Gasteiger partial charge in [0.2, 0.25) is 0 Å². The summed E-state index contributed by atoms with van der Waals surface area (Å²) in [6.45, 7) is 11.3. The minimum atomic E-state index is -0.440. The molecule has 2 aromatic heterocycles. The topological polar surface area (TPSA) is 80.5 Å². The van der Waals surface area contributed by atoms with Crippen LogP contribution in [0.1, 0.15) is 58.3 Å². The fourth-order valence-electron chi connectivity index (χ4n) is 3.67. The van der Waals surface area contributed by atoms with Crippen LogP contribution in [0.4, 0.5) is 0 Å². The maximum Gasteiger partial charge on any atom is 0.496 e. The minimum absolute atomic E-state index is 0.165. The second-order valence-corrected chi connectivity index (χ2v) is 9.07.